The summed E-state index contributed by atoms with van der Waals surface area (Å²) in [6.07, 6.45) is 0.493. The monoisotopic (exact) mass is 504 g/mol. The lowest BCUT2D eigenvalue weighted by Crippen LogP contribution is -2.44. The summed E-state index contributed by atoms with van der Waals surface area (Å²) in [7, 11) is 0. The van der Waals surface area contributed by atoms with Gasteiger partial charge in [0.25, 0.3) is 11.8 Å². The summed E-state index contributed by atoms with van der Waals surface area (Å²) in [4.78, 5) is 38.8. The molecule has 12 heteroatoms. The first kappa shape index (κ1) is 21.5. The molecule has 33 heavy (non-hydrogen) atoms. The summed E-state index contributed by atoms with van der Waals surface area (Å²) in [6.45, 7) is 0. The second kappa shape index (κ2) is 8.22. The number of hydrogen-bond acceptors (Lipinski definition) is 6. The van der Waals surface area contributed by atoms with Crippen molar-refractivity contribution in [2.75, 3.05) is 0 Å². The predicted molar refractivity (Wildman–Crippen MR) is 123 cm³/mol. The average molecular weight is 505 g/mol. The third-order valence-electron chi connectivity index (χ3n) is 5.45. The molecule has 0 saturated carbocycles. The molecule has 0 radical (unpaired) electrons. The Balaban J connectivity index is 1.38. The molecule has 3 heterocycles. The minimum absolute atomic E-state index is 0.188. The SMILES string of the molecule is O=C(N[C@H]1Cc2ccccc2[C@H]1NC(=O)c1ccc([N+](=O)[O-])o1)c1cc2sc(Cl)c(Cl)c2[nH]1. The van der Waals surface area contributed by atoms with Gasteiger partial charge in [-0.25, -0.2) is 0 Å². The molecular formula is C21H14Cl2N4O5S. The lowest BCUT2D eigenvalue weighted by Gasteiger charge is -2.22. The van der Waals surface area contributed by atoms with E-state index in [-0.39, 0.29) is 11.7 Å². The molecule has 5 rings (SSSR count). The number of rotatable bonds is 5. The number of halogens is 2. The molecule has 2 amide bonds. The van der Waals surface area contributed by atoms with Crippen LogP contribution in [0.25, 0.3) is 10.2 Å². The number of nitrogens with one attached hydrogen (secondary N) is 3. The Kier molecular flexibility index (Phi) is 5.35. The van der Waals surface area contributed by atoms with Crippen LogP contribution in [0, 0.1) is 10.1 Å². The summed E-state index contributed by atoms with van der Waals surface area (Å²) in [5.41, 5.74) is 2.73. The predicted octanol–water partition coefficient (Wildman–Crippen LogP) is 4.86. The van der Waals surface area contributed by atoms with Crippen molar-refractivity contribution in [3.05, 3.63) is 84.5 Å². The van der Waals surface area contributed by atoms with E-state index in [1.54, 1.807) is 6.07 Å². The molecule has 0 saturated heterocycles. The first-order chi connectivity index (χ1) is 15.8. The van der Waals surface area contributed by atoms with Crippen LogP contribution in [0.5, 0.6) is 0 Å². The third-order valence-corrected chi connectivity index (χ3v) is 7.38. The summed E-state index contributed by atoms with van der Waals surface area (Å²) >= 11 is 13.5. The van der Waals surface area contributed by atoms with Gasteiger partial charge in [-0.05, 0) is 29.7 Å². The van der Waals surface area contributed by atoms with Crippen molar-refractivity contribution in [2.45, 2.75) is 18.5 Å². The molecule has 4 aromatic rings. The first-order valence-corrected chi connectivity index (χ1v) is 11.3. The molecular weight excluding hydrogens is 491 g/mol. The van der Waals surface area contributed by atoms with E-state index in [9.17, 15) is 19.7 Å². The van der Waals surface area contributed by atoms with Crippen LogP contribution >= 0.6 is 34.5 Å². The number of nitro groups is 1. The maximum atomic E-state index is 13.0. The maximum Gasteiger partial charge on any atom is 0.433 e. The highest BCUT2D eigenvalue weighted by Crippen LogP contribution is 2.39. The van der Waals surface area contributed by atoms with Crippen molar-refractivity contribution >= 4 is 62.5 Å². The van der Waals surface area contributed by atoms with Crippen LogP contribution in [0.2, 0.25) is 9.36 Å². The van der Waals surface area contributed by atoms with Crippen molar-refractivity contribution < 1.29 is 18.9 Å². The molecule has 1 aliphatic carbocycles. The van der Waals surface area contributed by atoms with E-state index >= 15 is 0 Å². The Labute approximate surface area is 199 Å². The van der Waals surface area contributed by atoms with Gasteiger partial charge in [0.05, 0.1) is 33.4 Å². The van der Waals surface area contributed by atoms with Crippen LogP contribution in [0.15, 0.2) is 46.9 Å². The van der Waals surface area contributed by atoms with Crippen LogP contribution in [-0.2, 0) is 6.42 Å². The molecule has 3 aromatic heterocycles. The number of carbonyl (C=O) groups excluding carboxylic acids is 2. The molecule has 0 aliphatic heterocycles. The van der Waals surface area contributed by atoms with E-state index in [0.29, 0.717) is 27.0 Å². The number of aromatic amines is 1. The fourth-order valence-electron chi connectivity index (χ4n) is 3.96. The van der Waals surface area contributed by atoms with Gasteiger partial charge in [-0.3, -0.25) is 19.7 Å². The zero-order valence-corrected chi connectivity index (χ0v) is 18.9. The molecule has 2 atom stereocenters. The standard InChI is InChI=1S/C21H14Cl2N4O5S/c22-16-18-14(33-19(16)23)8-12(24-18)20(28)25-11-7-9-3-1-2-4-10(9)17(11)26-21(29)13-5-6-15(32-13)27(30)31/h1-6,8,11,17,24H,7H2,(H,25,28)(H,26,29)/t11-,17+/m0/s1. The van der Waals surface area contributed by atoms with Gasteiger partial charge in [0, 0.05) is 0 Å². The van der Waals surface area contributed by atoms with E-state index in [4.69, 9.17) is 27.6 Å². The van der Waals surface area contributed by atoms with Gasteiger partial charge in [-0.15, -0.1) is 11.3 Å². The van der Waals surface area contributed by atoms with Crippen LogP contribution in [-0.4, -0.2) is 27.8 Å². The Hall–Kier alpha value is -3.34. The fourth-order valence-corrected chi connectivity index (χ4v) is 5.44. The van der Waals surface area contributed by atoms with Gasteiger partial charge in [0.1, 0.15) is 15.0 Å². The number of amides is 2. The highest BCUT2D eigenvalue weighted by Gasteiger charge is 2.35. The zero-order chi connectivity index (χ0) is 23.3. The van der Waals surface area contributed by atoms with E-state index < -0.39 is 28.8 Å². The number of hydrogen-bond donors (Lipinski definition) is 3. The molecule has 0 spiro atoms. The van der Waals surface area contributed by atoms with Crippen molar-refractivity contribution in [3.8, 4) is 0 Å². The third kappa shape index (κ3) is 3.86. The quantitative estimate of drug-likeness (QED) is 0.263. The van der Waals surface area contributed by atoms with Crippen molar-refractivity contribution in [3.63, 3.8) is 0 Å². The summed E-state index contributed by atoms with van der Waals surface area (Å²) in [5.74, 6) is -1.70. The number of H-pyrrole nitrogens is 1. The zero-order valence-electron chi connectivity index (χ0n) is 16.6. The van der Waals surface area contributed by atoms with Gasteiger partial charge in [0.15, 0.2) is 5.76 Å². The van der Waals surface area contributed by atoms with E-state index in [2.05, 4.69) is 15.6 Å². The normalized spacial score (nSPS) is 17.2. The highest BCUT2D eigenvalue weighted by atomic mass is 35.5. The largest absolute Gasteiger partial charge is 0.433 e. The maximum absolute atomic E-state index is 13.0. The van der Waals surface area contributed by atoms with Crippen molar-refractivity contribution in [1.29, 1.82) is 0 Å². The average Bonchev–Trinajstić information content (AvgIpc) is 3.54. The second-order valence-electron chi connectivity index (χ2n) is 7.44. The number of fused-ring (bicyclic) bond motifs is 2. The van der Waals surface area contributed by atoms with Gasteiger partial charge in [-0.2, -0.15) is 0 Å². The molecule has 1 aliphatic rings. The number of aromatic nitrogens is 1. The molecule has 0 bridgehead atoms. The molecule has 0 fully saturated rings. The van der Waals surface area contributed by atoms with Crippen LogP contribution in [0.1, 0.15) is 38.2 Å². The number of furan rings is 1. The molecule has 168 valence electrons. The number of nitrogens with zero attached hydrogens (tertiary/aromatic N) is 1. The first-order valence-electron chi connectivity index (χ1n) is 9.72. The number of benzene rings is 1. The lowest BCUT2D eigenvalue weighted by atomic mass is 10.1. The van der Waals surface area contributed by atoms with Crippen molar-refractivity contribution in [1.82, 2.24) is 15.6 Å². The topological polar surface area (TPSA) is 130 Å². The molecule has 0 unspecified atom stereocenters. The Bertz CT molecular complexity index is 1430. The number of carbonyl (C=O) groups is 2. The van der Waals surface area contributed by atoms with Gasteiger partial charge >= 0.3 is 5.88 Å². The van der Waals surface area contributed by atoms with Crippen LogP contribution < -0.4 is 10.6 Å². The fraction of sp³-hybridized carbons (Fsp3) is 0.143. The highest BCUT2D eigenvalue weighted by molar-refractivity contribution is 7.23. The van der Waals surface area contributed by atoms with Gasteiger partial charge in [-0.1, -0.05) is 47.5 Å². The minimum atomic E-state index is -0.717. The summed E-state index contributed by atoms with van der Waals surface area (Å²) in [5, 5.41) is 17.0. The van der Waals surface area contributed by atoms with Crippen LogP contribution in [0.4, 0.5) is 5.88 Å². The molecule has 3 N–H and O–H groups in total. The van der Waals surface area contributed by atoms with Crippen molar-refractivity contribution in [2.24, 2.45) is 0 Å². The summed E-state index contributed by atoms with van der Waals surface area (Å²) < 4.78 is 6.21. The molecule has 9 nitrogen and oxygen atoms in total. The van der Waals surface area contributed by atoms with Crippen LogP contribution in [0.3, 0.4) is 0 Å². The van der Waals surface area contributed by atoms with Gasteiger partial charge in [0.2, 0.25) is 0 Å². The minimum Gasteiger partial charge on any atom is -0.395 e. The lowest BCUT2D eigenvalue weighted by molar-refractivity contribution is -0.402. The van der Waals surface area contributed by atoms with Gasteiger partial charge < -0.3 is 20.0 Å². The summed E-state index contributed by atoms with van der Waals surface area (Å²) in [6, 6.07) is 10.5. The number of thiophene rings is 1. The van der Waals surface area contributed by atoms with E-state index in [1.807, 2.05) is 24.3 Å². The smallest absolute Gasteiger partial charge is 0.395 e. The molecule has 1 aromatic carbocycles. The Morgan fingerprint density at radius 3 is 2.67 bits per heavy atom. The van der Waals surface area contributed by atoms with E-state index in [1.165, 1.54) is 17.4 Å². The van der Waals surface area contributed by atoms with E-state index in [0.717, 1.165) is 21.9 Å². The Morgan fingerprint density at radius 1 is 1.15 bits per heavy atom. The Morgan fingerprint density at radius 2 is 1.94 bits per heavy atom. The second-order valence-corrected chi connectivity index (χ2v) is 9.47.